The Kier molecular flexibility index (Phi) is 4.60. The summed E-state index contributed by atoms with van der Waals surface area (Å²) in [5.74, 6) is 0. The summed E-state index contributed by atoms with van der Waals surface area (Å²) in [4.78, 5) is 23.8. The van der Waals surface area contributed by atoms with Crippen molar-refractivity contribution in [1.29, 1.82) is 0 Å². The average molecular weight is 189 g/mol. The largest absolute Gasteiger partial charge is 0.351 e. The molecule has 0 atom stereocenters. The molecule has 4 amide bonds. The maximum Gasteiger partial charge on any atom is 0.317 e. The number of hydrogen-bond donors (Lipinski definition) is 3. The van der Waals surface area contributed by atoms with E-state index in [2.05, 4.69) is 5.32 Å². The van der Waals surface area contributed by atoms with Crippen molar-refractivity contribution in [3.8, 4) is 0 Å². The van der Waals surface area contributed by atoms with Crippen molar-refractivity contribution >= 4 is 12.1 Å². The maximum absolute atomic E-state index is 10.8. The minimum atomic E-state index is -0.609. The predicted octanol–water partition coefficient (Wildman–Crippen LogP) is -1.49. The number of nitrogens with one attached hydrogen (secondary N) is 1. The normalized spacial score (nSPS) is 9.38. The third-order valence-corrected chi connectivity index (χ3v) is 1.42. The van der Waals surface area contributed by atoms with Crippen molar-refractivity contribution < 1.29 is 9.59 Å². The fourth-order valence-electron chi connectivity index (χ4n) is 0.714. The fourth-order valence-corrected chi connectivity index (χ4v) is 0.714. The van der Waals surface area contributed by atoms with Crippen molar-refractivity contribution in [2.75, 3.05) is 27.4 Å². The molecule has 0 fully saturated rings. The Morgan fingerprint density at radius 2 is 1.85 bits per heavy atom. The van der Waals surface area contributed by atoms with Crippen molar-refractivity contribution in [2.45, 2.75) is 0 Å². The first-order valence-electron chi connectivity index (χ1n) is 3.68. The molecule has 0 aliphatic rings. The lowest BCUT2D eigenvalue weighted by Crippen LogP contribution is -2.49. The second-order valence-corrected chi connectivity index (χ2v) is 2.57. The van der Waals surface area contributed by atoms with E-state index < -0.39 is 12.1 Å². The van der Waals surface area contributed by atoms with Crippen LogP contribution in [0.2, 0.25) is 0 Å². The van der Waals surface area contributed by atoms with Gasteiger partial charge >= 0.3 is 12.1 Å². The molecule has 0 aliphatic carbocycles. The molecule has 0 saturated heterocycles. The summed E-state index contributed by atoms with van der Waals surface area (Å²) >= 11 is 0. The van der Waals surface area contributed by atoms with Gasteiger partial charge in [-0.25, -0.2) is 9.59 Å². The first-order chi connectivity index (χ1) is 5.99. The summed E-state index contributed by atoms with van der Waals surface area (Å²) in [6.07, 6.45) is 0. The van der Waals surface area contributed by atoms with Crippen LogP contribution in [0.25, 0.3) is 0 Å². The average Bonchev–Trinajstić information content (AvgIpc) is 2.03. The Morgan fingerprint density at radius 1 is 1.31 bits per heavy atom. The lowest BCUT2D eigenvalue weighted by Gasteiger charge is -2.24. The highest BCUT2D eigenvalue weighted by Gasteiger charge is 2.12. The van der Waals surface area contributed by atoms with Crippen LogP contribution in [-0.4, -0.2) is 49.3 Å². The molecule has 7 heteroatoms. The molecule has 0 aromatic carbocycles. The van der Waals surface area contributed by atoms with Crippen LogP contribution in [0.4, 0.5) is 9.59 Å². The topological polar surface area (TPSA) is 105 Å². The highest BCUT2D eigenvalue weighted by molar-refractivity contribution is 5.74. The Morgan fingerprint density at radius 3 is 2.15 bits per heavy atom. The zero-order valence-electron chi connectivity index (χ0n) is 7.78. The Bertz CT molecular complexity index is 195. The SMILES string of the molecule is CNCN(CN(C)C(N)=O)C(N)=O. The molecule has 0 radical (unpaired) electrons. The highest BCUT2D eigenvalue weighted by Crippen LogP contribution is 1.89. The van der Waals surface area contributed by atoms with Gasteiger partial charge in [0.1, 0.15) is 6.67 Å². The van der Waals surface area contributed by atoms with Crippen LogP contribution in [0.3, 0.4) is 0 Å². The summed E-state index contributed by atoms with van der Waals surface area (Å²) < 4.78 is 0. The number of amides is 4. The number of hydrogen-bond acceptors (Lipinski definition) is 3. The van der Waals surface area contributed by atoms with Gasteiger partial charge in [-0.05, 0) is 7.05 Å². The number of nitrogens with zero attached hydrogens (tertiary/aromatic N) is 2. The van der Waals surface area contributed by atoms with E-state index in [9.17, 15) is 9.59 Å². The van der Waals surface area contributed by atoms with E-state index >= 15 is 0 Å². The molecule has 0 spiro atoms. The van der Waals surface area contributed by atoms with Crippen LogP contribution in [0.15, 0.2) is 0 Å². The number of primary amides is 2. The number of nitrogens with two attached hydrogens (primary N) is 2. The van der Waals surface area contributed by atoms with Crippen LogP contribution in [-0.2, 0) is 0 Å². The van der Waals surface area contributed by atoms with Gasteiger partial charge in [0.2, 0.25) is 0 Å². The van der Waals surface area contributed by atoms with Crippen LogP contribution < -0.4 is 16.8 Å². The zero-order chi connectivity index (χ0) is 10.4. The maximum atomic E-state index is 10.8. The van der Waals surface area contributed by atoms with Gasteiger partial charge in [0.25, 0.3) is 0 Å². The van der Waals surface area contributed by atoms with Crippen LogP contribution in [0, 0.1) is 0 Å². The molecule has 0 rings (SSSR count). The molecule has 5 N–H and O–H groups in total. The fraction of sp³-hybridized carbons (Fsp3) is 0.667. The Balaban J connectivity index is 4.09. The monoisotopic (exact) mass is 189 g/mol. The standard InChI is InChI=1S/C6H15N5O2/c1-9-3-11(6(8)13)4-10(2)5(7)12/h9H,3-4H2,1-2H3,(H2,7,12)(H2,8,13). The van der Waals surface area contributed by atoms with Crippen molar-refractivity contribution in [2.24, 2.45) is 11.5 Å². The lowest BCUT2D eigenvalue weighted by molar-refractivity contribution is 0.162. The van der Waals surface area contributed by atoms with E-state index in [0.717, 1.165) is 0 Å². The molecule has 0 aromatic rings. The molecule has 0 heterocycles. The smallest absolute Gasteiger partial charge is 0.317 e. The van der Waals surface area contributed by atoms with E-state index in [1.807, 2.05) is 0 Å². The molecular weight excluding hydrogens is 174 g/mol. The van der Waals surface area contributed by atoms with Gasteiger partial charge in [0, 0.05) is 7.05 Å². The Hall–Kier alpha value is -1.50. The molecular formula is C6H15N5O2. The molecule has 0 saturated carbocycles. The van der Waals surface area contributed by atoms with Crippen molar-refractivity contribution in [3.63, 3.8) is 0 Å². The van der Waals surface area contributed by atoms with E-state index in [0.29, 0.717) is 0 Å². The number of carbonyl (C=O) groups excluding carboxylic acids is 2. The predicted molar refractivity (Wildman–Crippen MR) is 47.6 cm³/mol. The molecule has 0 unspecified atom stereocenters. The van der Waals surface area contributed by atoms with E-state index in [1.54, 1.807) is 7.05 Å². The summed E-state index contributed by atoms with van der Waals surface area (Å²) in [5.41, 5.74) is 10.0. The minimum absolute atomic E-state index is 0.0749. The third-order valence-electron chi connectivity index (χ3n) is 1.42. The highest BCUT2D eigenvalue weighted by atomic mass is 16.2. The Labute approximate surface area is 76.6 Å². The van der Waals surface area contributed by atoms with Gasteiger partial charge in [-0.1, -0.05) is 0 Å². The first kappa shape index (κ1) is 11.5. The third kappa shape index (κ3) is 4.16. The number of carbonyl (C=O) groups is 2. The van der Waals surface area contributed by atoms with Gasteiger partial charge in [0.05, 0.1) is 6.67 Å². The molecule has 76 valence electrons. The summed E-state index contributed by atoms with van der Waals surface area (Å²) in [6, 6.07) is -1.22. The number of urea groups is 2. The van der Waals surface area contributed by atoms with Crippen molar-refractivity contribution in [3.05, 3.63) is 0 Å². The minimum Gasteiger partial charge on any atom is -0.351 e. The molecule has 0 aliphatic heterocycles. The molecule has 0 bridgehead atoms. The van der Waals surface area contributed by atoms with E-state index in [4.69, 9.17) is 11.5 Å². The van der Waals surface area contributed by atoms with Crippen LogP contribution >= 0.6 is 0 Å². The quantitative estimate of drug-likeness (QED) is 0.469. The summed E-state index contributed by atoms with van der Waals surface area (Å²) in [7, 11) is 3.15. The second-order valence-electron chi connectivity index (χ2n) is 2.57. The van der Waals surface area contributed by atoms with Crippen molar-refractivity contribution in [1.82, 2.24) is 15.1 Å². The molecule has 13 heavy (non-hydrogen) atoms. The summed E-state index contributed by atoms with van der Waals surface area (Å²) in [6.45, 7) is 0.346. The van der Waals surface area contributed by atoms with Gasteiger partial charge in [-0.3, -0.25) is 4.90 Å². The van der Waals surface area contributed by atoms with Crippen LogP contribution in [0.5, 0.6) is 0 Å². The zero-order valence-corrected chi connectivity index (χ0v) is 7.78. The van der Waals surface area contributed by atoms with E-state index in [1.165, 1.54) is 16.8 Å². The molecule has 0 aromatic heterocycles. The van der Waals surface area contributed by atoms with Gasteiger partial charge < -0.3 is 21.7 Å². The molecule has 7 nitrogen and oxygen atoms in total. The van der Waals surface area contributed by atoms with Crippen LogP contribution in [0.1, 0.15) is 0 Å². The second kappa shape index (κ2) is 5.20. The van der Waals surface area contributed by atoms with Gasteiger partial charge in [-0.2, -0.15) is 0 Å². The van der Waals surface area contributed by atoms with Gasteiger partial charge in [0.15, 0.2) is 0 Å². The number of rotatable bonds is 4. The first-order valence-corrected chi connectivity index (χ1v) is 3.68. The lowest BCUT2D eigenvalue weighted by atomic mass is 10.6. The van der Waals surface area contributed by atoms with Gasteiger partial charge in [-0.15, -0.1) is 0 Å². The van der Waals surface area contributed by atoms with E-state index in [-0.39, 0.29) is 13.3 Å². The summed E-state index contributed by atoms with van der Waals surface area (Å²) in [5, 5.41) is 2.74.